The fourth-order valence-electron chi connectivity index (χ4n) is 4.57. The molecule has 0 amide bonds. The van der Waals surface area contributed by atoms with Crippen molar-refractivity contribution in [3.8, 4) is 0 Å². The Hall–Kier alpha value is -3.25. The molecule has 1 aliphatic rings. The minimum absolute atomic E-state index is 0.0703. The van der Waals surface area contributed by atoms with Gasteiger partial charge in [-0.1, -0.05) is 36.4 Å². The number of nitrogens with zero attached hydrogens (tertiary/aromatic N) is 3. The van der Waals surface area contributed by atoms with E-state index in [1.807, 2.05) is 48.5 Å². The SMILES string of the molecule is CC(=O)/C(=C(/N)c1ccccc1)c1ccc2ncnc(NC3CCC(N(C)C)CC3)c2c1. The highest BCUT2D eigenvalue weighted by Gasteiger charge is 2.23. The van der Waals surface area contributed by atoms with E-state index in [1.165, 1.54) is 12.8 Å². The molecule has 3 aromatic rings. The molecular formula is C26H31N5O. The molecule has 4 rings (SSSR count). The number of hydrogen-bond donors (Lipinski definition) is 2. The first-order valence-electron chi connectivity index (χ1n) is 11.2. The number of nitrogens with two attached hydrogens (primary N) is 1. The summed E-state index contributed by atoms with van der Waals surface area (Å²) < 4.78 is 0. The number of benzene rings is 2. The maximum atomic E-state index is 12.6. The third-order valence-electron chi connectivity index (χ3n) is 6.40. The molecule has 166 valence electrons. The Bertz CT molecular complexity index is 1130. The van der Waals surface area contributed by atoms with E-state index in [2.05, 4.69) is 34.3 Å². The smallest absolute Gasteiger partial charge is 0.162 e. The van der Waals surface area contributed by atoms with Crippen molar-refractivity contribution >= 4 is 33.8 Å². The number of carbonyl (C=O) groups excluding carboxylic acids is 1. The summed E-state index contributed by atoms with van der Waals surface area (Å²) in [4.78, 5) is 23.9. The van der Waals surface area contributed by atoms with Gasteiger partial charge in [-0.3, -0.25) is 4.79 Å². The quantitative estimate of drug-likeness (QED) is 0.448. The van der Waals surface area contributed by atoms with Gasteiger partial charge in [-0.05, 0) is 70.0 Å². The molecule has 32 heavy (non-hydrogen) atoms. The highest BCUT2D eigenvalue weighted by atomic mass is 16.1. The Morgan fingerprint density at radius 3 is 2.38 bits per heavy atom. The predicted molar refractivity (Wildman–Crippen MR) is 131 cm³/mol. The minimum atomic E-state index is -0.0703. The molecule has 1 aliphatic carbocycles. The zero-order chi connectivity index (χ0) is 22.7. The molecule has 0 spiro atoms. The van der Waals surface area contributed by atoms with Crippen LogP contribution >= 0.6 is 0 Å². The number of Topliss-reactive ketones (excluding diaryl/α,β-unsaturated/α-hetero) is 1. The third kappa shape index (κ3) is 4.65. The molecule has 1 saturated carbocycles. The van der Waals surface area contributed by atoms with E-state index in [4.69, 9.17) is 5.73 Å². The predicted octanol–water partition coefficient (Wildman–Crippen LogP) is 4.33. The molecular weight excluding hydrogens is 398 g/mol. The Balaban J connectivity index is 1.68. The zero-order valence-corrected chi connectivity index (χ0v) is 19.0. The van der Waals surface area contributed by atoms with Gasteiger partial charge in [0.25, 0.3) is 0 Å². The van der Waals surface area contributed by atoms with Crippen molar-refractivity contribution in [1.82, 2.24) is 14.9 Å². The number of aromatic nitrogens is 2. The highest BCUT2D eigenvalue weighted by molar-refractivity contribution is 6.27. The van der Waals surface area contributed by atoms with E-state index >= 15 is 0 Å². The number of fused-ring (bicyclic) bond motifs is 1. The van der Waals surface area contributed by atoms with Gasteiger partial charge in [0.05, 0.1) is 11.2 Å². The average molecular weight is 430 g/mol. The second kappa shape index (κ2) is 9.49. The number of hydrogen-bond acceptors (Lipinski definition) is 6. The molecule has 0 aliphatic heterocycles. The molecule has 2 aromatic carbocycles. The van der Waals surface area contributed by atoms with Crippen molar-refractivity contribution in [3.63, 3.8) is 0 Å². The lowest BCUT2D eigenvalue weighted by atomic mass is 9.90. The van der Waals surface area contributed by atoms with Crippen LogP contribution in [-0.2, 0) is 4.79 Å². The molecule has 1 heterocycles. The van der Waals surface area contributed by atoms with Crippen LogP contribution in [0.3, 0.4) is 0 Å². The fraction of sp³-hybridized carbons (Fsp3) is 0.346. The Morgan fingerprint density at radius 1 is 1.00 bits per heavy atom. The molecule has 0 unspecified atom stereocenters. The van der Waals surface area contributed by atoms with Crippen molar-refractivity contribution in [3.05, 3.63) is 66.0 Å². The molecule has 6 nitrogen and oxygen atoms in total. The van der Waals surface area contributed by atoms with Gasteiger partial charge in [0.2, 0.25) is 0 Å². The second-order valence-electron chi connectivity index (χ2n) is 8.78. The van der Waals surface area contributed by atoms with Gasteiger partial charge in [-0.15, -0.1) is 0 Å². The van der Waals surface area contributed by atoms with Crippen LogP contribution in [-0.4, -0.2) is 46.8 Å². The van der Waals surface area contributed by atoms with Gasteiger partial charge in [0, 0.05) is 23.0 Å². The van der Waals surface area contributed by atoms with Crippen LogP contribution in [0.15, 0.2) is 54.9 Å². The van der Waals surface area contributed by atoms with E-state index in [-0.39, 0.29) is 5.78 Å². The summed E-state index contributed by atoms with van der Waals surface area (Å²) in [6.45, 7) is 1.55. The van der Waals surface area contributed by atoms with Crippen molar-refractivity contribution in [2.24, 2.45) is 5.73 Å². The van der Waals surface area contributed by atoms with Gasteiger partial charge in [0.15, 0.2) is 5.78 Å². The Labute approximate surface area is 189 Å². The van der Waals surface area contributed by atoms with Crippen molar-refractivity contribution in [1.29, 1.82) is 0 Å². The largest absolute Gasteiger partial charge is 0.398 e. The van der Waals surface area contributed by atoms with E-state index in [0.717, 1.165) is 40.7 Å². The number of carbonyl (C=O) groups is 1. The van der Waals surface area contributed by atoms with Gasteiger partial charge < -0.3 is 16.0 Å². The van der Waals surface area contributed by atoms with Gasteiger partial charge in [-0.2, -0.15) is 0 Å². The summed E-state index contributed by atoms with van der Waals surface area (Å²) in [7, 11) is 4.30. The first-order chi connectivity index (χ1) is 15.4. The summed E-state index contributed by atoms with van der Waals surface area (Å²) in [5.74, 6) is 0.741. The second-order valence-corrected chi connectivity index (χ2v) is 8.78. The van der Waals surface area contributed by atoms with Crippen LogP contribution in [0.1, 0.15) is 43.7 Å². The molecule has 0 saturated heterocycles. The molecule has 6 heteroatoms. The minimum Gasteiger partial charge on any atom is -0.398 e. The van der Waals surface area contributed by atoms with Crippen LogP contribution in [0.5, 0.6) is 0 Å². The van der Waals surface area contributed by atoms with Crippen LogP contribution in [0.25, 0.3) is 22.2 Å². The standard InChI is InChI=1S/C26H31N5O/c1-17(32)24(25(27)18-7-5-4-6-8-18)19-9-14-23-22(15-19)26(29-16-28-23)30-20-10-12-21(13-11-20)31(2)3/h4-9,14-16,20-21H,10-13,27H2,1-3H3,(H,28,29,30)/b25-24-. The molecule has 0 bridgehead atoms. The van der Waals surface area contributed by atoms with Crippen molar-refractivity contribution in [2.45, 2.75) is 44.7 Å². The lowest BCUT2D eigenvalue weighted by molar-refractivity contribution is -0.111. The van der Waals surface area contributed by atoms with Crippen LogP contribution in [0.4, 0.5) is 5.82 Å². The third-order valence-corrected chi connectivity index (χ3v) is 6.40. The fourth-order valence-corrected chi connectivity index (χ4v) is 4.57. The van der Waals surface area contributed by atoms with Crippen molar-refractivity contribution < 1.29 is 4.79 Å². The van der Waals surface area contributed by atoms with Gasteiger partial charge >= 0.3 is 0 Å². The van der Waals surface area contributed by atoms with E-state index in [9.17, 15) is 4.79 Å². The van der Waals surface area contributed by atoms with Crippen LogP contribution in [0.2, 0.25) is 0 Å². The zero-order valence-electron chi connectivity index (χ0n) is 19.0. The van der Waals surface area contributed by atoms with Crippen LogP contribution < -0.4 is 11.1 Å². The van der Waals surface area contributed by atoms with E-state index < -0.39 is 0 Å². The topological polar surface area (TPSA) is 84.1 Å². The molecule has 1 fully saturated rings. The first kappa shape index (κ1) is 22.0. The average Bonchev–Trinajstić information content (AvgIpc) is 2.80. The summed E-state index contributed by atoms with van der Waals surface area (Å²) in [6, 6.07) is 16.4. The summed E-state index contributed by atoms with van der Waals surface area (Å²) in [6.07, 6.45) is 6.14. The summed E-state index contributed by atoms with van der Waals surface area (Å²) >= 11 is 0. The summed E-state index contributed by atoms with van der Waals surface area (Å²) in [5, 5.41) is 4.54. The number of allylic oxidation sites excluding steroid dienone is 1. The Morgan fingerprint density at radius 2 is 1.72 bits per heavy atom. The molecule has 0 atom stereocenters. The monoisotopic (exact) mass is 429 g/mol. The van der Waals surface area contributed by atoms with Gasteiger partial charge in [0.1, 0.15) is 12.1 Å². The first-order valence-corrected chi connectivity index (χ1v) is 11.2. The molecule has 1 aromatic heterocycles. The van der Waals surface area contributed by atoms with E-state index in [1.54, 1.807) is 13.3 Å². The molecule has 0 radical (unpaired) electrons. The van der Waals surface area contributed by atoms with E-state index in [0.29, 0.717) is 23.4 Å². The normalized spacial score (nSPS) is 19.6. The number of ketones is 1. The Kier molecular flexibility index (Phi) is 6.51. The highest BCUT2D eigenvalue weighted by Crippen LogP contribution is 2.30. The van der Waals surface area contributed by atoms with Crippen molar-refractivity contribution in [2.75, 3.05) is 19.4 Å². The maximum absolute atomic E-state index is 12.6. The maximum Gasteiger partial charge on any atom is 0.162 e. The number of anilines is 1. The number of nitrogens with one attached hydrogen (secondary N) is 1. The molecule has 3 N–H and O–H groups in total. The van der Waals surface area contributed by atoms with Gasteiger partial charge in [-0.25, -0.2) is 9.97 Å². The lowest BCUT2D eigenvalue weighted by Crippen LogP contribution is -2.36. The lowest BCUT2D eigenvalue weighted by Gasteiger charge is -2.33. The number of rotatable bonds is 6. The summed E-state index contributed by atoms with van der Waals surface area (Å²) in [5.41, 5.74) is 9.89. The van der Waals surface area contributed by atoms with Crippen LogP contribution in [0, 0.1) is 0 Å².